The van der Waals surface area contributed by atoms with Crippen molar-refractivity contribution < 1.29 is 4.79 Å². The molecule has 1 aromatic carbocycles. The number of nitrogens with zero attached hydrogens (tertiary/aromatic N) is 1. The van der Waals surface area contributed by atoms with Crippen molar-refractivity contribution in [1.29, 1.82) is 0 Å². The molecule has 0 aliphatic heterocycles. The molecule has 0 atom stereocenters. The van der Waals surface area contributed by atoms with Crippen LogP contribution in [0.4, 0.5) is 10.5 Å². The Hall–Kier alpha value is -2.10. The number of fused-ring (bicyclic) bond motifs is 1. The molecule has 0 bridgehead atoms. The summed E-state index contributed by atoms with van der Waals surface area (Å²) in [6.45, 7) is 2.89. The molecule has 1 aromatic heterocycles. The summed E-state index contributed by atoms with van der Waals surface area (Å²) in [4.78, 5) is 16.2. The monoisotopic (exact) mass is 271 g/mol. The zero-order valence-corrected chi connectivity index (χ0v) is 11.9. The van der Waals surface area contributed by atoms with Crippen molar-refractivity contribution >= 4 is 22.6 Å². The predicted molar refractivity (Wildman–Crippen MR) is 82.9 cm³/mol. The molecule has 2 N–H and O–H groups in total. The van der Waals surface area contributed by atoms with Crippen molar-refractivity contribution in [3.8, 4) is 0 Å². The van der Waals surface area contributed by atoms with E-state index in [-0.39, 0.29) is 6.03 Å². The van der Waals surface area contributed by atoms with E-state index in [0.29, 0.717) is 6.54 Å². The van der Waals surface area contributed by atoms with Gasteiger partial charge in [-0.15, -0.1) is 0 Å². The van der Waals surface area contributed by atoms with Gasteiger partial charge in [-0.1, -0.05) is 44.4 Å². The van der Waals surface area contributed by atoms with E-state index in [2.05, 4.69) is 22.5 Å². The maximum absolute atomic E-state index is 11.8. The van der Waals surface area contributed by atoms with E-state index in [1.54, 1.807) is 6.20 Å². The summed E-state index contributed by atoms with van der Waals surface area (Å²) in [5.41, 5.74) is 1.56. The lowest BCUT2D eigenvalue weighted by molar-refractivity contribution is 0.252. The number of carbonyl (C=O) groups excluding carboxylic acids is 1. The zero-order valence-electron chi connectivity index (χ0n) is 11.9. The summed E-state index contributed by atoms with van der Waals surface area (Å²) < 4.78 is 0. The Balaban J connectivity index is 1.90. The lowest BCUT2D eigenvalue weighted by Crippen LogP contribution is -2.29. The van der Waals surface area contributed by atoms with Crippen LogP contribution in [0.25, 0.3) is 10.9 Å². The Kier molecular flexibility index (Phi) is 5.35. The molecule has 0 spiro atoms. The van der Waals surface area contributed by atoms with Crippen molar-refractivity contribution in [3.05, 3.63) is 36.5 Å². The van der Waals surface area contributed by atoms with E-state index < -0.39 is 0 Å². The third-order valence-corrected chi connectivity index (χ3v) is 3.20. The second-order valence-corrected chi connectivity index (χ2v) is 4.82. The number of aromatic nitrogens is 1. The number of pyridine rings is 1. The van der Waals surface area contributed by atoms with Gasteiger partial charge in [-0.25, -0.2) is 4.79 Å². The quantitative estimate of drug-likeness (QED) is 0.782. The van der Waals surface area contributed by atoms with Crippen LogP contribution in [0.15, 0.2) is 36.5 Å². The highest BCUT2D eigenvalue weighted by atomic mass is 16.2. The van der Waals surface area contributed by atoms with Gasteiger partial charge in [0.1, 0.15) is 0 Å². The molecule has 106 valence electrons. The Morgan fingerprint density at radius 1 is 1.15 bits per heavy atom. The summed E-state index contributed by atoms with van der Waals surface area (Å²) in [5, 5.41) is 6.76. The highest BCUT2D eigenvalue weighted by molar-refractivity contribution is 5.99. The number of nitrogens with one attached hydrogen (secondary N) is 2. The van der Waals surface area contributed by atoms with E-state index in [4.69, 9.17) is 0 Å². The summed E-state index contributed by atoms with van der Waals surface area (Å²) >= 11 is 0. The van der Waals surface area contributed by atoms with Gasteiger partial charge < -0.3 is 10.6 Å². The minimum Gasteiger partial charge on any atom is -0.338 e. The van der Waals surface area contributed by atoms with Gasteiger partial charge in [-0.3, -0.25) is 4.98 Å². The number of carbonyl (C=O) groups is 1. The molecule has 0 radical (unpaired) electrons. The molecule has 0 aliphatic rings. The maximum Gasteiger partial charge on any atom is 0.319 e. The van der Waals surface area contributed by atoms with Gasteiger partial charge in [-0.05, 0) is 18.6 Å². The Morgan fingerprint density at radius 2 is 2.00 bits per heavy atom. The highest BCUT2D eigenvalue weighted by Gasteiger charge is 2.05. The SMILES string of the molecule is CCCCCCNC(=O)Nc1cccc2cccnc12. The van der Waals surface area contributed by atoms with Crippen molar-refractivity contribution in [2.24, 2.45) is 0 Å². The van der Waals surface area contributed by atoms with Gasteiger partial charge in [0.05, 0.1) is 11.2 Å². The topological polar surface area (TPSA) is 54.0 Å². The number of hydrogen-bond donors (Lipinski definition) is 2. The van der Waals surface area contributed by atoms with Crippen LogP contribution in [0.5, 0.6) is 0 Å². The number of benzene rings is 1. The largest absolute Gasteiger partial charge is 0.338 e. The first-order valence-electron chi connectivity index (χ1n) is 7.20. The van der Waals surface area contributed by atoms with E-state index in [1.807, 2.05) is 30.3 Å². The number of hydrogen-bond acceptors (Lipinski definition) is 2. The molecule has 2 aromatic rings. The fourth-order valence-corrected chi connectivity index (χ4v) is 2.13. The molecule has 2 rings (SSSR count). The summed E-state index contributed by atoms with van der Waals surface area (Å²) in [6, 6.07) is 9.47. The van der Waals surface area contributed by atoms with Gasteiger partial charge in [0.15, 0.2) is 0 Å². The van der Waals surface area contributed by atoms with E-state index >= 15 is 0 Å². The number of para-hydroxylation sites is 1. The van der Waals surface area contributed by atoms with Gasteiger partial charge >= 0.3 is 6.03 Å². The Bertz CT molecular complexity index is 563. The van der Waals surface area contributed by atoms with Crippen LogP contribution in [-0.4, -0.2) is 17.6 Å². The molecule has 0 fully saturated rings. The number of rotatable bonds is 6. The third kappa shape index (κ3) is 3.95. The molecular weight excluding hydrogens is 250 g/mol. The first-order valence-corrected chi connectivity index (χ1v) is 7.20. The van der Waals surface area contributed by atoms with Gasteiger partial charge in [-0.2, -0.15) is 0 Å². The van der Waals surface area contributed by atoms with Gasteiger partial charge in [0.2, 0.25) is 0 Å². The Labute approximate surface area is 119 Å². The first kappa shape index (κ1) is 14.3. The van der Waals surface area contributed by atoms with Crippen molar-refractivity contribution in [2.45, 2.75) is 32.6 Å². The summed E-state index contributed by atoms with van der Waals surface area (Å²) in [5.74, 6) is 0. The number of unbranched alkanes of at least 4 members (excludes halogenated alkanes) is 3. The molecule has 0 unspecified atom stereocenters. The van der Waals surface area contributed by atoms with Crippen LogP contribution in [-0.2, 0) is 0 Å². The fourth-order valence-electron chi connectivity index (χ4n) is 2.13. The fraction of sp³-hybridized carbons (Fsp3) is 0.375. The minimum absolute atomic E-state index is 0.167. The minimum atomic E-state index is -0.167. The van der Waals surface area contributed by atoms with Crippen LogP contribution in [0.2, 0.25) is 0 Å². The van der Waals surface area contributed by atoms with Crippen molar-refractivity contribution in [1.82, 2.24) is 10.3 Å². The van der Waals surface area contributed by atoms with Crippen LogP contribution in [0.1, 0.15) is 32.6 Å². The lowest BCUT2D eigenvalue weighted by atomic mass is 10.2. The molecule has 2 amide bonds. The van der Waals surface area contributed by atoms with Crippen LogP contribution in [0.3, 0.4) is 0 Å². The molecule has 0 aliphatic carbocycles. The van der Waals surface area contributed by atoms with E-state index in [0.717, 1.165) is 29.4 Å². The van der Waals surface area contributed by atoms with Crippen molar-refractivity contribution in [3.63, 3.8) is 0 Å². The molecule has 0 saturated carbocycles. The van der Waals surface area contributed by atoms with E-state index in [9.17, 15) is 4.79 Å². The van der Waals surface area contributed by atoms with Crippen molar-refractivity contribution in [2.75, 3.05) is 11.9 Å². The molecule has 1 heterocycles. The van der Waals surface area contributed by atoms with Gasteiger partial charge in [0, 0.05) is 18.1 Å². The second-order valence-electron chi connectivity index (χ2n) is 4.82. The third-order valence-electron chi connectivity index (χ3n) is 3.20. The molecule has 20 heavy (non-hydrogen) atoms. The van der Waals surface area contributed by atoms with Gasteiger partial charge in [0.25, 0.3) is 0 Å². The zero-order chi connectivity index (χ0) is 14.2. The van der Waals surface area contributed by atoms with Crippen LogP contribution < -0.4 is 10.6 Å². The first-order chi connectivity index (χ1) is 9.81. The molecule has 4 heteroatoms. The molecular formula is C16H21N3O. The van der Waals surface area contributed by atoms with E-state index in [1.165, 1.54) is 12.8 Å². The lowest BCUT2D eigenvalue weighted by Gasteiger charge is -2.09. The maximum atomic E-state index is 11.8. The van der Waals surface area contributed by atoms with Crippen LogP contribution in [0, 0.1) is 0 Å². The smallest absolute Gasteiger partial charge is 0.319 e. The highest BCUT2D eigenvalue weighted by Crippen LogP contribution is 2.20. The Morgan fingerprint density at radius 3 is 2.85 bits per heavy atom. The number of urea groups is 1. The average Bonchev–Trinajstić information content (AvgIpc) is 2.47. The predicted octanol–water partition coefficient (Wildman–Crippen LogP) is 3.94. The number of amides is 2. The normalized spacial score (nSPS) is 10.4. The molecule has 4 nitrogen and oxygen atoms in total. The number of anilines is 1. The standard InChI is InChI=1S/C16H21N3O/c1-2-3-4-5-11-18-16(20)19-14-10-6-8-13-9-7-12-17-15(13)14/h6-10,12H,2-5,11H2,1H3,(H2,18,19,20). The second kappa shape index (κ2) is 7.48. The summed E-state index contributed by atoms with van der Waals surface area (Å²) in [7, 11) is 0. The van der Waals surface area contributed by atoms with Crippen LogP contribution >= 0.6 is 0 Å². The molecule has 0 saturated heterocycles. The summed E-state index contributed by atoms with van der Waals surface area (Å²) in [6.07, 6.45) is 6.34. The average molecular weight is 271 g/mol.